The molecule has 1 aromatic heterocycles. The zero-order chi connectivity index (χ0) is 21.3. The number of H-pyrrole nitrogens is 1. The van der Waals surface area contributed by atoms with Crippen molar-refractivity contribution in [2.75, 3.05) is 24.6 Å². The Morgan fingerprint density at radius 1 is 1.34 bits per heavy atom. The normalized spacial score (nSPS) is 19.9. The number of fused-ring (bicyclic) bond motifs is 1. The van der Waals surface area contributed by atoms with E-state index in [1.807, 2.05) is 32.6 Å². The van der Waals surface area contributed by atoms with Crippen LogP contribution >= 0.6 is 0 Å². The second-order valence-corrected chi connectivity index (χ2v) is 8.19. The number of hydrogen-bond donors (Lipinski definition) is 2. The summed E-state index contributed by atoms with van der Waals surface area (Å²) in [6, 6.07) is 6.15. The van der Waals surface area contributed by atoms with Crippen molar-refractivity contribution in [3.8, 4) is 6.07 Å². The molecule has 1 aromatic carbocycles. The van der Waals surface area contributed by atoms with E-state index in [1.54, 1.807) is 17.0 Å². The minimum atomic E-state index is -0.612. The lowest BCUT2D eigenvalue weighted by Crippen LogP contribution is -2.62. The number of aliphatic hydroxyl groups excluding tert-OH is 1. The number of piperazine rings is 1. The number of aromatic amines is 1. The summed E-state index contributed by atoms with van der Waals surface area (Å²) < 4.78 is 5.50. The van der Waals surface area contributed by atoms with Crippen LogP contribution in [0.3, 0.4) is 0 Å². The molecule has 1 saturated heterocycles. The van der Waals surface area contributed by atoms with Crippen LogP contribution in [0.5, 0.6) is 0 Å². The van der Waals surface area contributed by atoms with Crippen molar-refractivity contribution in [1.29, 1.82) is 5.26 Å². The van der Waals surface area contributed by atoms with Gasteiger partial charge in [-0.15, -0.1) is 0 Å². The SMILES string of the molecule is C[C@@H]1[C@H](CO)N(c2ccc(C#N)c3[nH]ccc(=O)c23)CCN1C(=O)OC(C)(C)C. The first kappa shape index (κ1) is 20.7. The zero-order valence-corrected chi connectivity index (χ0v) is 17.1. The molecule has 0 aliphatic carbocycles. The summed E-state index contributed by atoms with van der Waals surface area (Å²) in [7, 11) is 0. The highest BCUT2D eigenvalue weighted by atomic mass is 16.6. The number of aliphatic hydroxyl groups is 1. The summed E-state index contributed by atoms with van der Waals surface area (Å²) >= 11 is 0. The van der Waals surface area contributed by atoms with Crippen molar-refractivity contribution in [2.24, 2.45) is 0 Å². The number of nitrogens with one attached hydrogen (secondary N) is 1. The molecule has 8 heteroatoms. The average molecular weight is 398 g/mol. The molecule has 29 heavy (non-hydrogen) atoms. The number of nitriles is 1. The molecule has 0 spiro atoms. The highest BCUT2D eigenvalue weighted by Gasteiger charge is 2.38. The Bertz CT molecular complexity index is 1020. The van der Waals surface area contributed by atoms with E-state index in [9.17, 15) is 20.0 Å². The third-order valence-electron chi connectivity index (χ3n) is 5.17. The molecule has 1 amide bonds. The van der Waals surface area contributed by atoms with Crippen molar-refractivity contribution in [1.82, 2.24) is 9.88 Å². The van der Waals surface area contributed by atoms with Gasteiger partial charge in [-0.3, -0.25) is 4.79 Å². The molecule has 1 fully saturated rings. The van der Waals surface area contributed by atoms with Crippen LogP contribution in [-0.2, 0) is 4.74 Å². The first-order valence-electron chi connectivity index (χ1n) is 9.59. The van der Waals surface area contributed by atoms with Gasteiger partial charge >= 0.3 is 6.09 Å². The maximum absolute atomic E-state index is 12.6. The van der Waals surface area contributed by atoms with Crippen molar-refractivity contribution in [3.63, 3.8) is 0 Å². The molecule has 8 nitrogen and oxygen atoms in total. The Kier molecular flexibility index (Phi) is 5.53. The number of ether oxygens (including phenoxy) is 1. The van der Waals surface area contributed by atoms with Gasteiger partial charge in [0, 0.05) is 25.4 Å². The van der Waals surface area contributed by atoms with Crippen LogP contribution in [0.15, 0.2) is 29.2 Å². The van der Waals surface area contributed by atoms with E-state index in [2.05, 4.69) is 11.1 Å². The average Bonchev–Trinajstić information content (AvgIpc) is 2.65. The Labute approximate surface area is 169 Å². The van der Waals surface area contributed by atoms with E-state index >= 15 is 0 Å². The van der Waals surface area contributed by atoms with Crippen LogP contribution in [0.4, 0.5) is 10.5 Å². The number of rotatable bonds is 2. The van der Waals surface area contributed by atoms with Gasteiger partial charge in [-0.25, -0.2) is 4.79 Å². The predicted octanol–water partition coefficient (Wildman–Crippen LogP) is 2.21. The number of benzene rings is 1. The molecule has 1 aliphatic rings. The fourth-order valence-corrected chi connectivity index (χ4v) is 3.79. The van der Waals surface area contributed by atoms with Gasteiger partial charge in [-0.05, 0) is 39.8 Å². The second-order valence-electron chi connectivity index (χ2n) is 8.19. The molecule has 2 N–H and O–H groups in total. The maximum atomic E-state index is 12.6. The van der Waals surface area contributed by atoms with E-state index in [1.165, 1.54) is 12.3 Å². The minimum absolute atomic E-state index is 0.202. The number of carbonyl (C=O) groups is 1. The highest BCUT2D eigenvalue weighted by Crippen LogP contribution is 2.31. The maximum Gasteiger partial charge on any atom is 0.410 e. The van der Waals surface area contributed by atoms with E-state index in [4.69, 9.17) is 4.74 Å². The van der Waals surface area contributed by atoms with E-state index in [0.717, 1.165) is 0 Å². The fraction of sp³-hybridized carbons (Fsp3) is 0.476. The molecule has 2 heterocycles. The molecule has 2 atom stereocenters. The van der Waals surface area contributed by atoms with Crippen molar-refractivity contribution < 1.29 is 14.6 Å². The van der Waals surface area contributed by atoms with Gasteiger partial charge in [0.05, 0.1) is 40.8 Å². The van der Waals surface area contributed by atoms with Crippen LogP contribution < -0.4 is 10.3 Å². The van der Waals surface area contributed by atoms with Gasteiger partial charge in [0.15, 0.2) is 5.43 Å². The van der Waals surface area contributed by atoms with E-state index in [0.29, 0.717) is 35.2 Å². The van der Waals surface area contributed by atoms with Crippen LogP contribution in [0.1, 0.15) is 33.3 Å². The number of nitrogens with zero attached hydrogens (tertiary/aromatic N) is 3. The molecule has 0 unspecified atom stereocenters. The zero-order valence-electron chi connectivity index (χ0n) is 17.1. The molecule has 1 aliphatic heterocycles. The number of hydrogen-bond acceptors (Lipinski definition) is 6. The lowest BCUT2D eigenvalue weighted by Gasteiger charge is -2.47. The van der Waals surface area contributed by atoms with Crippen molar-refractivity contribution in [2.45, 2.75) is 45.4 Å². The Morgan fingerprint density at radius 2 is 2.07 bits per heavy atom. The van der Waals surface area contributed by atoms with E-state index in [-0.39, 0.29) is 18.1 Å². The number of amides is 1. The number of anilines is 1. The smallest absolute Gasteiger partial charge is 0.410 e. The van der Waals surface area contributed by atoms with Crippen LogP contribution in [-0.4, -0.2) is 58.5 Å². The highest BCUT2D eigenvalue weighted by molar-refractivity contribution is 5.95. The largest absolute Gasteiger partial charge is 0.444 e. The molecule has 2 aromatic rings. The minimum Gasteiger partial charge on any atom is -0.444 e. The summed E-state index contributed by atoms with van der Waals surface area (Å²) in [5, 5.41) is 19.9. The molecular weight excluding hydrogens is 372 g/mol. The summed E-state index contributed by atoms with van der Waals surface area (Å²) in [6.45, 7) is 7.89. The standard InChI is InChI=1S/C21H26N4O4/c1-13-16(12-26)25(10-9-24(13)20(28)29-21(2,3)4)15-6-5-14(11-22)19-18(15)17(27)7-8-23-19/h5-8,13,16,26H,9-10,12H2,1-4H3,(H,23,27)/t13-,16+/m1/s1. The lowest BCUT2D eigenvalue weighted by atomic mass is 10.00. The van der Waals surface area contributed by atoms with E-state index < -0.39 is 17.7 Å². The topological polar surface area (TPSA) is 110 Å². The predicted molar refractivity (Wildman–Crippen MR) is 110 cm³/mol. The van der Waals surface area contributed by atoms with Crippen LogP contribution in [0, 0.1) is 11.3 Å². The van der Waals surface area contributed by atoms with Crippen molar-refractivity contribution >= 4 is 22.7 Å². The first-order chi connectivity index (χ1) is 13.7. The van der Waals surface area contributed by atoms with Gasteiger partial charge in [-0.1, -0.05) is 0 Å². The quantitative estimate of drug-likeness (QED) is 0.803. The molecule has 0 bridgehead atoms. The van der Waals surface area contributed by atoms with Gasteiger partial charge < -0.3 is 24.6 Å². The van der Waals surface area contributed by atoms with Gasteiger partial charge in [0.1, 0.15) is 11.7 Å². The fourth-order valence-electron chi connectivity index (χ4n) is 3.79. The van der Waals surface area contributed by atoms with Gasteiger partial charge in [0.25, 0.3) is 0 Å². The number of aromatic nitrogens is 1. The Balaban J connectivity index is 2.01. The van der Waals surface area contributed by atoms with Gasteiger partial charge in [-0.2, -0.15) is 5.26 Å². The van der Waals surface area contributed by atoms with Crippen molar-refractivity contribution in [3.05, 3.63) is 40.2 Å². The molecular formula is C21H26N4O4. The third-order valence-corrected chi connectivity index (χ3v) is 5.17. The second kappa shape index (κ2) is 7.76. The summed E-state index contributed by atoms with van der Waals surface area (Å²) in [4.78, 5) is 31.7. The monoisotopic (exact) mass is 398 g/mol. The Hall–Kier alpha value is -3.05. The first-order valence-corrected chi connectivity index (χ1v) is 9.59. The molecule has 0 radical (unpaired) electrons. The number of pyridine rings is 1. The lowest BCUT2D eigenvalue weighted by molar-refractivity contribution is 0.00833. The molecule has 3 rings (SSSR count). The summed E-state index contributed by atoms with van der Waals surface area (Å²) in [5.41, 5.74) is 0.665. The summed E-state index contributed by atoms with van der Waals surface area (Å²) in [6.07, 6.45) is 1.09. The molecule has 154 valence electrons. The molecule has 0 saturated carbocycles. The van der Waals surface area contributed by atoms with Crippen LogP contribution in [0.25, 0.3) is 10.9 Å². The number of carbonyl (C=O) groups excluding carboxylic acids is 1. The van der Waals surface area contributed by atoms with Crippen LogP contribution in [0.2, 0.25) is 0 Å². The summed E-state index contributed by atoms with van der Waals surface area (Å²) in [5.74, 6) is 0. The third kappa shape index (κ3) is 3.91. The van der Waals surface area contributed by atoms with Gasteiger partial charge in [0.2, 0.25) is 0 Å². The Morgan fingerprint density at radius 3 is 2.69 bits per heavy atom.